The van der Waals surface area contributed by atoms with Gasteiger partial charge in [-0.15, -0.1) is 0 Å². The summed E-state index contributed by atoms with van der Waals surface area (Å²) in [5, 5.41) is 0. The van der Waals surface area contributed by atoms with Crippen LogP contribution in [-0.2, 0) is 15.6 Å². The van der Waals surface area contributed by atoms with Crippen molar-refractivity contribution in [2.45, 2.75) is 131 Å². The molecule has 0 radical (unpaired) electrons. The molecule has 4 heteroatoms. The molecule has 0 heterocycles. The van der Waals surface area contributed by atoms with E-state index in [1.165, 1.54) is 142 Å². The van der Waals surface area contributed by atoms with E-state index in [0.29, 0.717) is 11.8 Å². The van der Waals surface area contributed by atoms with Gasteiger partial charge in [0, 0.05) is 0 Å². The van der Waals surface area contributed by atoms with Crippen molar-refractivity contribution >= 4 is 35.1 Å². The predicted octanol–water partition coefficient (Wildman–Crippen LogP) is 15.7. The van der Waals surface area contributed by atoms with Crippen LogP contribution in [0.1, 0.15) is 148 Å². The van der Waals surface area contributed by atoms with Crippen LogP contribution in [-0.4, -0.2) is 5.92 Å². The van der Waals surface area contributed by atoms with E-state index in [9.17, 15) is 0 Å². The second-order valence-corrected chi connectivity index (χ2v) is 60.3. The van der Waals surface area contributed by atoms with E-state index >= 15 is 0 Å². The number of fused-ring (bicyclic) bond motifs is 2. The fraction of sp³-hybridized carbons (Fsp3) is 0.429. The van der Waals surface area contributed by atoms with E-state index in [4.69, 9.17) is 17.0 Å². The Morgan fingerprint density at radius 2 is 1.02 bits per heavy atom. The van der Waals surface area contributed by atoms with Crippen LogP contribution in [0.5, 0.6) is 0 Å². The minimum atomic E-state index is -4.83. The molecule has 4 aliphatic carbocycles. The maximum atomic E-state index is 8.74. The summed E-state index contributed by atoms with van der Waals surface area (Å²) in [6.07, 6.45) is 19.5. The predicted molar refractivity (Wildman–Crippen MR) is 233 cm³/mol. The SMILES string of the molecule is CCC1=Cc2c(-c3ccc(C4CCCCC4)cc3)cc(C)cc2[CH]1[Zr]([Cl])([Cl])([CH]1C(C)=Cc2c(-c3ccc(C4CCCCC4)cc3)cc(C)cc21)[SiH](C)C. The third-order valence-electron chi connectivity index (χ3n) is 14.1. The van der Waals surface area contributed by atoms with Gasteiger partial charge in [-0.25, -0.2) is 0 Å². The summed E-state index contributed by atoms with van der Waals surface area (Å²) in [5.74, 6) is -0.202. The summed E-state index contributed by atoms with van der Waals surface area (Å²) in [6, 6.07) is 28.9. The molecule has 0 amide bonds. The van der Waals surface area contributed by atoms with E-state index in [-0.39, 0.29) is 7.25 Å². The van der Waals surface area contributed by atoms with Crippen LogP contribution in [0.15, 0.2) is 83.9 Å². The summed E-state index contributed by atoms with van der Waals surface area (Å²) >= 11 is -4.83. The molecule has 0 aliphatic heterocycles. The van der Waals surface area contributed by atoms with Crippen molar-refractivity contribution in [2.75, 3.05) is 0 Å². The summed E-state index contributed by atoms with van der Waals surface area (Å²) in [7, 11) is 17.5. The zero-order chi connectivity index (χ0) is 37.1. The maximum absolute atomic E-state index is 8.74. The van der Waals surface area contributed by atoms with Crippen molar-refractivity contribution in [3.8, 4) is 22.3 Å². The summed E-state index contributed by atoms with van der Waals surface area (Å²) in [5.41, 5.74) is 19.3. The van der Waals surface area contributed by atoms with Crippen LogP contribution in [0.4, 0.5) is 0 Å². The van der Waals surface area contributed by atoms with E-state index in [2.05, 4.69) is 126 Å². The molecule has 2 fully saturated rings. The van der Waals surface area contributed by atoms with Crippen LogP contribution in [0.2, 0.25) is 13.1 Å². The third-order valence-corrected chi connectivity index (χ3v) is 66.1. The van der Waals surface area contributed by atoms with Crippen molar-refractivity contribution in [3.63, 3.8) is 0 Å². The van der Waals surface area contributed by atoms with Crippen LogP contribution in [0.25, 0.3) is 34.4 Å². The number of halogens is 2. The van der Waals surface area contributed by atoms with Gasteiger partial charge in [0.2, 0.25) is 0 Å². The van der Waals surface area contributed by atoms with Gasteiger partial charge in [-0.1, -0.05) is 0 Å². The van der Waals surface area contributed by atoms with Gasteiger partial charge < -0.3 is 0 Å². The molecule has 0 bridgehead atoms. The van der Waals surface area contributed by atoms with Crippen molar-refractivity contribution in [1.29, 1.82) is 0 Å². The van der Waals surface area contributed by atoms with Gasteiger partial charge in [-0.2, -0.15) is 0 Å². The van der Waals surface area contributed by atoms with Crippen LogP contribution in [0.3, 0.4) is 0 Å². The van der Waals surface area contributed by atoms with Gasteiger partial charge in [0.25, 0.3) is 0 Å². The molecule has 0 nitrogen and oxygen atoms in total. The molecule has 2 unspecified atom stereocenters. The molecule has 2 saturated carbocycles. The summed E-state index contributed by atoms with van der Waals surface area (Å²) in [6.45, 7) is 14.1. The summed E-state index contributed by atoms with van der Waals surface area (Å²) < 4.78 is 0.218. The molecule has 8 rings (SSSR count). The number of rotatable bonds is 8. The van der Waals surface area contributed by atoms with E-state index in [1.54, 1.807) is 0 Å². The van der Waals surface area contributed by atoms with E-state index in [0.717, 1.165) is 6.42 Å². The molecule has 2 atom stereocenters. The first-order chi connectivity index (χ1) is 25.5. The molecular weight excluding hydrogens is 779 g/mol. The van der Waals surface area contributed by atoms with Crippen molar-refractivity contribution in [3.05, 3.63) is 128 Å². The molecule has 53 heavy (non-hydrogen) atoms. The molecular formula is C49H59Cl2SiZr. The zero-order valence-corrected chi connectivity index (χ0v) is 38.1. The Bertz CT molecular complexity index is 2070. The van der Waals surface area contributed by atoms with E-state index in [1.807, 2.05) is 0 Å². The van der Waals surface area contributed by atoms with Gasteiger partial charge in [-0.05, 0) is 0 Å². The van der Waals surface area contributed by atoms with Gasteiger partial charge in [0.05, 0.1) is 0 Å². The van der Waals surface area contributed by atoms with Crippen LogP contribution in [0, 0.1) is 13.8 Å². The molecule has 4 aliphatic rings. The fourth-order valence-electron chi connectivity index (χ4n) is 11.2. The van der Waals surface area contributed by atoms with Gasteiger partial charge in [0.15, 0.2) is 0 Å². The number of aryl methyl sites for hydroxylation is 2. The van der Waals surface area contributed by atoms with Crippen molar-refractivity contribution in [1.82, 2.24) is 0 Å². The van der Waals surface area contributed by atoms with Gasteiger partial charge >= 0.3 is 332 Å². The molecule has 0 saturated heterocycles. The average molecular weight is 838 g/mol. The Kier molecular flexibility index (Phi) is 10.6. The molecule has 0 spiro atoms. The second kappa shape index (κ2) is 14.8. The molecule has 4 aromatic rings. The number of allylic oxidation sites excluding steroid dienone is 2. The first-order valence-corrected chi connectivity index (χ1v) is 37.2. The Labute approximate surface area is 329 Å². The zero-order valence-electron chi connectivity index (χ0n) is 33.0. The monoisotopic (exact) mass is 835 g/mol. The van der Waals surface area contributed by atoms with Crippen LogP contribution >= 0.6 is 17.0 Å². The first-order valence-electron chi connectivity index (χ1n) is 20.9. The van der Waals surface area contributed by atoms with Crippen LogP contribution < -0.4 is 0 Å². The van der Waals surface area contributed by atoms with Crippen molar-refractivity contribution in [2.24, 2.45) is 0 Å². The Morgan fingerprint density at radius 3 is 1.45 bits per heavy atom. The molecule has 0 N–H and O–H groups in total. The topological polar surface area (TPSA) is 0 Å². The van der Waals surface area contributed by atoms with Gasteiger partial charge in [0.1, 0.15) is 0 Å². The number of hydrogen-bond acceptors (Lipinski definition) is 0. The molecule has 0 aromatic heterocycles. The molecule has 4 aromatic carbocycles. The van der Waals surface area contributed by atoms with E-state index < -0.39 is 21.5 Å². The number of benzene rings is 4. The third kappa shape index (κ3) is 6.62. The Balaban J connectivity index is 1.22. The van der Waals surface area contributed by atoms with Crippen molar-refractivity contribution < 1.29 is 15.6 Å². The average Bonchev–Trinajstić information content (AvgIpc) is 3.73. The fourth-order valence-corrected chi connectivity index (χ4v) is 43.5. The first kappa shape index (κ1) is 37.9. The Morgan fingerprint density at radius 1 is 0.585 bits per heavy atom. The summed E-state index contributed by atoms with van der Waals surface area (Å²) in [4.78, 5) is 0. The standard InChI is InChI=1S/C24H27.C23H25.C2H7Si.2ClH.Zr/c1-3-18-15-22-13-17(2)14-23(24(22)16-18)21-11-9-20(10-12-21)19-7-5-4-6-8-19;1-16-12-21-13-17(2)15-23(21)22(14-16)20-10-8-19(9-11-20)18-6-4-3-5-7-18;1-3-2;;;/h9-16,19H,3-8H2,1-2H3;8-15,18H,3-7H2,1-2H3;3H,1-2H3;2*1H;/q;;;;;+2/p-2. The quantitative estimate of drug-likeness (QED) is 0.155. The minimum absolute atomic E-state index is 0.103. The second-order valence-electron chi connectivity index (χ2n) is 17.8. The molecule has 277 valence electrons. The van der Waals surface area contributed by atoms with Gasteiger partial charge in [-0.3, -0.25) is 0 Å². The Hall–Kier alpha value is -1.96. The number of hydrogen-bond donors (Lipinski definition) is 0. The normalized spacial score (nSPS) is 21.6.